The van der Waals surface area contributed by atoms with Crippen LogP contribution in [0, 0.1) is 5.92 Å². The van der Waals surface area contributed by atoms with Gasteiger partial charge in [0.25, 0.3) is 0 Å². The van der Waals surface area contributed by atoms with Gasteiger partial charge in [-0.25, -0.2) is 0 Å². The highest BCUT2D eigenvalue weighted by molar-refractivity contribution is 5.14. The molecular weight excluding hydrogens is 208 g/mol. The molecule has 17 heavy (non-hydrogen) atoms. The molecule has 0 saturated carbocycles. The molecule has 0 spiro atoms. The summed E-state index contributed by atoms with van der Waals surface area (Å²) >= 11 is 0. The first kappa shape index (κ1) is 12.6. The standard InChI is InChI=1S/C15H24N2/c1-13-15(11-16)9-5-6-10-17(13)12-14-7-3-2-4-8-14/h2-4,7-8,13,15H,5-6,9-12,16H2,1H3/t13-,15-/m1/s1. The lowest BCUT2D eigenvalue weighted by atomic mass is 9.96. The van der Waals surface area contributed by atoms with Crippen molar-refractivity contribution in [1.82, 2.24) is 4.90 Å². The molecule has 1 saturated heterocycles. The third kappa shape index (κ3) is 3.30. The lowest BCUT2D eigenvalue weighted by Gasteiger charge is -2.31. The quantitative estimate of drug-likeness (QED) is 0.868. The Kier molecular flexibility index (Phi) is 4.57. The minimum atomic E-state index is 0.614. The van der Waals surface area contributed by atoms with Gasteiger partial charge >= 0.3 is 0 Å². The fourth-order valence-electron chi connectivity index (χ4n) is 2.82. The summed E-state index contributed by atoms with van der Waals surface area (Å²) in [5, 5.41) is 0. The largest absolute Gasteiger partial charge is 0.330 e. The first-order chi connectivity index (χ1) is 8.31. The van der Waals surface area contributed by atoms with Crippen LogP contribution in [0.1, 0.15) is 31.7 Å². The lowest BCUT2D eigenvalue weighted by Crippen LogP contribution is -2.39. The predicted octanol–water partition coefficient (Wildman–Crippen LogP) is 2.64. The van der Waals surface area contributed by atoms with Gasteiger partial charge in [0.05, 0.1) is 0 Å². The van der Waals surface area contributed by atoms with Crippen LogP contribution in [0.4, 0.5) is 0 Å². The average Bonchev–Trinajstić information content (AvgIpc) is 2.54. The van der Waals surface area contributed by atoms with E-state index in [-0.39, 0.29) is 0 Å². The summed E-state index contributed by atoms with van der Waals surface area (Å²) in [4.78, 5) is 2.60. The summed E-state index contributed by atoms with van der Waals surface area (Å²) in [6, 6.07) is 11.4. The minimum Gasteiger partial charge on any atom is -0.330 e. The molecule has 1 aliphatic heterocycles. The van der Waals surface area contributed by atoms with Crippen molar-refractivity contribution in [1.29, 1.82) is 0 Å². The fourth-order valence-corrected chi connectivity index (χ4v) is 2.82. The van der Waals surface area contributed by atoms with Crippen molar-refractivity contribution in [2.75, 3.05) is 13.1 Å². The van der Waals surface area contributed by atoms with Gasteiger partial charge in [-0.3, -0.25) is 4.90 Å². The molecule has 2 atom stereocenters. The van der Waals surface area contributed by atoms with Crippen LogP contribution in [-0.4, -0.2) is 24.0 Å². The summed E-state index contributed by atoms with van der Waals surface area (Å²) < 4.78 is 0. The second kappa shape index (κ2) is 6.18. The third-order valence-electron chi connectivity index (χ3n) is 4.06. The van der Waals surface area contributed by atoms with Crippen molar-refractivity contribution in [3.63, 3.8) is 0 Å². The molecule has 1 aliphatic rings. The van der Waals surface area contributed by atoms with Gasteiger partial charge in [0.15, 0.2) is 0 Å². The molecular formula is C15H24N2. The van der Waals surface area contributed by atoms with Gasteiger partial charge in [0.1, 0.15) is 0 Å². The molecule has 0 aromatic heterocycles. The monoisotopic (exact) mass is 232 g/mol. The van der Waals surface area contributed by atoms with Crippen molar-refractivity contribution < 1.29 is 0 Å². The molecule has 0 radical (unpaired) electrons. The Morgan fingerprint density at radius 3 is 2.71 bits per heavy atom. The van der Waals surface area contributed by atoms with Crippen LogP contribution < -0.4 is 5.73 Å². The SMILES string of the molecule is C[C@@H]1[C@@H](CN)CCCCN1Cc1ccccc1. The molecule has 2 N–H and O–H groups in total. The Hall–Kier alpha value is -0.860. The Labute approximate surface area is 105 Å². The van der Waals surface area contributed by atoms with Crippen molar-refractivity contribution in [2.45, 2.75) is 38.8 Å². The first-order valence-corrected chi connectivity index (χ1v) is 6.79. The first-order valence-electron chi connectivity index (χ1n) is 6.79. The van der Waals surface area contributed by atoms with E-state index >= 15 is 0 Å². The predicted molar refractivity (Wildman–Crippen MR) is 72.7 cm³/mol. The molecule has 1 aromatic carbocycles. The van der Waals surface area contributed by atoms with E-state index in [9.17, 15) is 0 Å². The van der Waals surface area contributed by atoms with E-state index in [1.807, 2.05) is 0 Å². The van der Waals surface area contributed by atoms with Crippen molar-refractivity contribution in [2.24, 2.45) is 11.7 Å². The van der Waals surface area contributed by atoms with E-state index in [1.165, 1.54) is 31.4 Å². The number of hydrogen-bond donors (Lipinski definition) is 1. The third-order valence-corrected chi connectivity index (χ3v) is 4.06. The molecule has 1 aromatic rings. The van der Waals surface area contributed by atoms with Crippen molar-refractivity contribution >= 4 is 0 Å². The van der Waals surface area contributed by atoms with E-state index in [0.717, 1.165) is 13.1 Å². The molecule has 94 valence electrons. The second-order valence-electron chi connectivity index (χ2n) is 5.19. The number of hydrogen-bond acceptors (Lipinski definition) is 2. The highest BCUT2D eigenvalue weighted by atomic mass is 15.2. The molecule has 1 fully saturated rings. The van der Waals surface area contributed by atoms with E-state index in [1.54, 1.807) is 0 Å². The lowest BCUT2D eigenvalue weighted by molar-refractivity contribution is 0.164. The molecule has 2 rings (SSSR count). The maximum atomic E-state index is 5.89. The van der Waals surface area contributed by atoms with Crippen LogP contribution in [0.5, 0.6) is 0 Å². The molecule has 2 nitrogen and oxygen atoms in total. The molecule has 2 heteroatoms. The van der Waals surface area contributed by atoms with Crippen LogP contribution in [-0.2, 0) is 6.54 Å². The summed E-state index contributed by atoms with van der Waals surface area (Å²) in [6.07, 6.45) is 3.94. The van der Waals surface area contributed by atoms with E-state index < -0.39 is 0 Å². The van der Waals surface area contributed by atoms with E-state index in [0.29, 0.717) is 12.0 Å². The topological polar surface area (TPSA) is 29.3 Å². The zero-order valence-corrected chi connectivity index (χ0v) is 10.8. The van der Waals surface area contributed by atoms with Crippen LogP contribution >= 0.6 is 0 Å². The number of likely N-dealkylation sites (tertiary alicyclic amines) is 1. The molecule has 0 amide bonds. The van der Waals surface area contributed by atoms with Gasteiger partial charge in [-0.15, -0.1) is 0 Å². The van der Waals surface area contributed by atoms with Crippen LogP contribution in [0.2, 0.25) is 0 Å². The average molecular weight is 232 g/mol. The van der Waals surface area contributed by atoms with Gasteiger partial charge in [0.2, 0.25) is 0 Å². The number of benzene rings is 1. The van der Waals surface area contributed by atoms with Crippen molar-refractivity contribution in [3.05, 3.63) is 35.9 Å². The zero-order valence-electron chi connectivity index (χ0n) is 10.8. The molecule has 0 unspecified atom stereocenters. The highest BCUT2D eigenvalue weighted by Gasteiger charge is 2.24. The second-order valence-corrected chi connectivity index (χ2v) is 5.19. The Balaban J connectivity index is 2.03. The Bertz CT molecular complexity index is 323. The molecule has 0 bridgehead atoms. The Morgan fingerprint density at radius 1 is 1.24 bits per heavy atom. The van der Waals surface area contributed by atoms with Crippen LogP contribution in [0.25, 0.3) is 0 Å². The van der Waals surface area contributed by atoms with Crippen molar-refractivity contribution in [3.8, 4) is 0 Å². The molecule has 0 aliphatic carbocycles. The van der Waals surface area contributed by atoms with Gasteiger partial charge in [-0.2, -0.15) is 0 Å². The summed E-state index contributed by atoms with van der Waals surface area (Å²) in [5.41, 5.74) is 7.31. The smallest absolute Gasteiger partial charge is 0.0236 e. The highest BCUT2D eigenvalue weighted by Crippen LogP contribution is 2.23. The minimum absolute atomic E-state index is 0.614. The van der Waals surface area contributed by atoms with E-state index in [2.05, 4.69) is 42.2 Å². The van der Waals surface area contributed by atoms with Gasteiger partial charge in [-0.1, -0.05) is 36.8 Å². The number of nitrogens with two attached hydrogens (primary N) is 1. The maximum Gasteiger partial charge on any atom is 0.0236 e. The normalized spacial score (nSPS) is 26.7. The summed E-state index contributed by atoms with van der Waals surface area (Å²) in [6.45, 7) is 5.45. The van der Waals surface area contributed by atoms with E-state index in [4.69, 9.17) is 5.73 Å². The van der Waals surface area contributed by atoms with Gasteiger partial charge in [0, 0.05) is 12.6 Å². The maximum absolute atomic E-state index is 5.89. The zero-order chi connectivity index (χ0) is 12.1. The summed E-state index contributed by atoms with van der Waals surface area (Å²) in [7, 11) is 0. The Morgan fingerprint density at radius 2 is 2.00 bits per heavy atom. The van der Waals surface area contributed by atoms with Crippen LogP contribution in [0.15, 0.2) is 30.3 Å². The van der Waals surface area contributed by atoms with Crippen LogP contribution in [0.3, 0.4) is 0 Å². The summed E-state index contributed by atoms with van der Waals surface area (Å²) in [5.74, 6) is 0.668. The number of nitrogens with zero attached hydrogens (tertiary/aromatic N) is 1. The van der Waals surface area contributed by atoms with Gasteiger partial charge < -0.3 is 5.73 Å². The number of rotatable bonds is 3. The fraction of sp³-hybridized carbons (Fsp3) is 0.600. The molecule has 1 heterocycles. The van der Waals surface area contributed by atoms with Gasteiger partial charge in [-0.05, 0) is 44.3 Å².